The fourth-order valence-electron chi connectivity index (χ4n) is 4.78. The molecule has 6 nitrogen and oxygen atoms in total. The minimum Gasteiger partial charge on any atom is -0.494 e. The number of hydrogen-bond donors (Lipinski definition) is 0. The molecule has 0 saturated carbocycles. The summed E-state index contributed by atoms with van der Waals surface area (Å²) in [6.07, 6.45) is 1.63. The van der Waals surface area contributed by atoms with E-state index in [1.165, 1.54) is 4.68 Å². The molecule has 5 rings (SSSR count). The van der Waals surface area contributed by atoms with Crippen molar-refractivity contribution in [1.29, 1.82) is 0 Å². The highest BCUT2D eigenvalue weighted by atomic mass is 79.9. The molecule has 0 aliphatic rings. The average molecular weight is 758 g/mol. The van der Waals surface area contributed by atoms with E-state index in [1.807, 2.05) is 56.3 Å². The van der Waals surface area contributed by atoms with Crippen LogP contribution in [0.4, 0.5) is 0 Å². The van der Waals surface area contributed by atoms with Gasteiger partial charge in [0.05, 0.1) is 32.7 Å². The monoisotopic (exact) mass is 755 g/mol. The van der Waals surface area contributed by atoms with Gasteiger partial charge in [0.1, 0.15) is 18.1 Å². The molecule has 0 radical (unpaired) electrons. The Hall–Kier alpha value is -3.17. The number of hydrogen-bond acceptors (Lipinski definition) is 5. The summed E-state index contributed by atoms with van der Waals surface area (Å²) < 4.78 is 14.8. The topological polar surface area (TPSA) is 65.7 Å². The minimum atomic E-state index is -0.265. The summed E-state index contributed by atoms with van der Waals surface area (Å²) in [4.78, 5) is 18.7. The largest absolute Gasteiger partial charge is 0.494 e. The number of aryl methyl sites for hydroxylation is 1. The molecule has 0 atom stereocenters. The lowest BCUT2D eigenvalue weighted by molar-refractivity contribution is 0.302. The van der Waals surface area contributed by atoms with Crippen LogP contribution in [0.2, 0.25) is 10.0 Å². The lowest BCUT2D eigenvalue weighted by Crippen LogP contribution is -2.21. The summed E-state index contributed by atoms with van der Waals surface area (Å²) in [7, 11) is 0. The van der Waals surface area contributed by atoms with Gasteiger partial charge in [-0.25, -0.2) is 4.98 Å². The second kappa shape index (κ2) is 13.9. The molecule has 226 valence electrons. The Bertz CT molecular complexity index is 1930. The molecule has 0 bridgehead atoms. The van der Waals surface area contributed by atoms with Crippen LogP contribution in [-0.2, 0) is 6.61 Å². The van der Waals surface area contributed by atoms with E-state index in [1.54, 1.807) is 24.4 Å². The van der Waals surface area contributed by atoms with Crippen molar-refractivity contribution in [2.24, 2.45) is 5.10 Å². The van der Waals surface area contributed by atoms with Crippen molar-refractivity contribution >= 4 is 72.2 Å². The SMILES string of the molecule is CCOc1cc(C)c(-c2nc3ccccc3c(=O)n2N=Cc2cc(Br)c(OCc3ccc(Cl)cc3Cl)c(Br)c2)cc1C(C)C. The second-order valence-corrected chi connectivity index (χ2v) is 13.0. The quantitative estimate of drug-likeness (QED) is 0.141. The van der Waals surface area contributed by atoms with Crippen molar-refractivity contribution in [3.63, 3.8) is 0 Å². The van der Waals surface area contributed by atoms with Gasteiger partial charge in [0, 0.05) is 21.2 Å². The molecule has 5 aromatic rings. The Morgan fingerprint density at radius 1 is 1.00 bits per heavy atom. The second-order valence-electron chi connectivity index (χ2n) is 10.4. The lowest BCUT2D eigenvalue weighted by atomic mass is 9.96. The van der Waals surface area contributed by atoms with Crippen molar-refractivity contribution in [2.75, 3.05) is 6.61 Å². The van der Waals surface area contributed by atoms with E-state index in [0.29, 0.717) is 48.1 Å². The Labute approximate surface area is 282 Å². The van der Waals surface area contributed by atoms with Crippen LogP contribution < -0.4 is 15.0 Å². The number of halogens is 4. The van der Waals surface area contributed by atoms with Gasteiger partial charge in [0.15, 0.2) is 5.82 Å². The molecule has 1 aromatic heterocycles. The van der Waals surface area contributed by atoms with Crippen LogP contribution in [0.1, 0.15) is 48.9 Å². The van der Waals surface area contributed by atoms with Crippen LogP contribution in [-0.4, -0.2) is 22.5 Å². The first-order chi connectivity index (χ1) is 21.1. The number of fused-ring (bicyclic) bond motifs is 1. The maximum absolute atomic E-state index is 13.8. The molecule has 0 aliphatic carbocycles. The summed E-state index contributed by atoms with van der Waals surface area (Å²) in [5, 5.41) is 6.25. The standard InChI is InChI=1S/C34H29Br2Cl2N3O3/c1-5-43-31-12-20(4)26(16-25(31)19(2)3)33-40-30-9-7-6-8-24(30)34(42)41(33)39-17-21-13-27(35)32(28(36)14-21)44-18-22-10-11-23(37)15-29(22)38/h6-17,19H,5,18H2,1-4H3. The van der Waals surface area contributed by atoms with Crippen LogP contribution in [0.15, 0.2) is 85.6 Å². The Kier molecular flexibility index (Phi) is 10.2. The van der Waals surface area contributed by atoms with E-state index >= 15 is 0 Å². The van der Waals surface area contributed by atoms with Crippen LogP contribution in [0.5, 0.6) is 11.5 Å². The summed E-state index contributed by atoms with van der Waals surface area (Å²) in [5.41, 5.74) is 4.65. The molecular weight excluding hydrogens is 729 g/mol. The molecule has 10 heteroatoms. The smallest absolute Gasteiger partial charge is 0.282 e. The first-order valence-electron chi connectivity index (χ1n) is 14.0. The van der Waals surface area contributed by atoms with Gasteiger partial charge in [0.2, 0.25) is 0 Å². The van der Waals surface area contributed by atoms with Crippen molar-refractivity contribution in [2.45, 2.75) is 40.2 Å². The van der Waals surface area contributed by atoms with E-state index < -0.39 is 0 Å². The molecule has 0 unspecified atom stereocenters. The fraction of sp³-hybridized carbons (Fsp3) is 0.206. The number of benzene rings is 4. The lowest BCUT2D eigenvalue weighted by Gasteiger charge is -2.18. The molecule has 0 amide bonds. The molecule has 0 aliphatic heterocycles. The molecule has 0 saturated heterocycles. The van der Waals surface area contributed by atoms with Crippen LogP contribution >= 0.6 is 55.1 Å². The highest BCUT2D eigenvalue weighted by Crippen LogP contribution is 2.36. The highest BCUT2D eigenvalue weighted by molar-refractivity contribution is 9.11. The normalized spacial score (nSPS) is 11.6. The fourth-order valence-corrected chi connectivity index (χ4v) is 6.69. The third kappa shape index (κ3) is 6.89. The molecule has 1 heterocycles. The molecule has 0 fully saturated rings. The third-order valence-electron chi connectivity index (χ3n) is 7.00. The van der Waals surface area contributed by atoms with Gasteiger partial charge < -0.3 is 9.47 Å². The predicted molar refractivity (Wildman–Crippen MR) is 187 cm³/mol. The zero-order chi connectivity index (χ0) is 31.5. The first-order valence-corrected chi connectivity index (χ1v) is 16.3. The van der Waals surface area contributed by atoms with E-state index in [4.69, 9.17) is 37.7 Å². The predicted octanol–water partition coefficient (Wildman–Crippen LogP) is 10.2. The molecular formula is C34H29Br2Cl2N3O3. The van der Waals surface area contributed by atoms with Gasteiger partial charge in [-0.15, -0.1) is 0 Å². The van der Waals surface area contributed by atoms with Crippen molar-refractivity contribution < 1.29 is 9.47 Å². The number of para-hydroxylation sites is 1. The molecule has 4 aromatic carbocycles. The third-order valence-corrected chi connectivity index (χ3v) is 8.77. The minimum absolute atomic E-state index is 0.200. The first kappa shape index (κ1) is 32.2. The number of rotatable bonds is 9. The van der Waals surface area contributed by atoms with E-state index in [-0.39, 0.29) is 18.1 Å². The molecule has 0 spiro atoms. The Morgan fingerprint density at radius 3 is 2.41 bits per heavy atom. The Morgan fingerprint density at radius 2 is 1.73 bits per heavy atom. The zero-order valence-corrected chi connectivity index (χ0v) is 29.2. The number of aromatic nitrogens is 2. The average Bonchev–Trinajstić information content (AvgIpc) is 2.97. The summed E-state index contributed by atoms with van der Waals surface area (Å²) in [6, 6.07) is 20.4. The number of nitrogens with zero attached hydrogens (tertiary/aromatic N) is 3. The van der Waals surface area contributed by atoms with Crippen molar-refractivity contribution in [3.05, 3.63) is 118 Å². The Balaban J connectivity index is 1.56. The summed E-state index contributed by atoms with van der Waals surface area (Å²) in [6.45, 7) is 9.00. The maximum atomic E-state index is 13.8. The van der Waals surface area contributed by atoms with Crippen molar-refractivity contribution in [3.8, 4) is 22.9 Å². The van der Waals surface area contributed by atoms with E-state index in [9.17, 15) is 4.79 Å². The van der Waals surface area contributed by atoms with Crippen LogP contribution in [0, 0.1) is 6.92 Å². The van der Waals surface area contributed by atoms with E-state index in [0.717, 1.165) is 33.6 Å². The van der Waals surface area contributed by atoms with Gasteiger partial charge in [-0.2, -0.15) is 9.78 Å². The molecule has 0 N–H and O–H groups in total. The summed E-state index contributed by atoms with van der Waals surface area (Å²) >= 11 is 19.6. The van der Waals surface area contributed by atoms with Gasteiger partial charge in [-0.05, 0) is 117 Å². The van der Waals surface area contributed by atoms with Gasteiger partial charge in [0.25, 0.3) is 5.56 Å². The van der Waals surface area contributed by atoms with Gasteiger partial charge in [-0.1, -0.05) is 55.2 Å². The van der Waals surface area contributed by atoms with Crippen molar-refractivity contribution in [1.82, 2.24) is 9.66 Å². The number of ether oxygens (including phenoxy) is 2. The van der Waals surface area contributed by atoms with Gasteiger partial charge in [-0.3, -0.25) is 4.79 Å². The van der Waals surface area contributed by atoms with Crippen LogP contribution in [0.25, 0.3) is 22.3 Å². The van der Waals surface area contributed by atoms with E-state index in [2.05, 4.69) is 56.9 Å². The van der Waals surface area contributed by atoms with Gasteiger partial charge >= 0.3 is 0 Å². The highest BCUT2D eigenvalue weighted by Gasteiger charge is 2.19. The summed E-state index contributed by atoms with van der Waals surface area (Å²) in [5.74, 6) is 2.08. The van der Waals surface area contributed by atoms with Crippen LogP contribution in [0.3, 0.4) is 0 Å². The molecule has 44 heavy (non-hydrogen) atoms. The zero-order valence-electron chi connectivity index (χ0n) is 24.5. The maximum Gasteiger partial charge on any atom is 0.282 e.